The van der Waals surface area contributed by atoms with Gasteiger partial charge in [0, 0.05) is 187 Å². The standard InChI is InChI=1S/C21H20F4N6O3.C15H20N4O3.C13H17N5O2.C13H16N4O3.C10H9ClN2O3.C8H6F4.C5H12N2.C4H8O.C2H6O.3CH4.H3N5.Na.H2O/c1-11-16-17(31-7-5-30(2)6-8-31)13(10-26-19(16)34-29-11)18(32)28-20(33)27-12-3-4-15(22)14(9-12)21(23,24)25;1-4-21-15(20)11-9-16-14-12(10(2)17-22-14)13(11)19-7-5-18(3)6-8-19;1-8-10-11(18-5-3-17(2)4-6-18)9(12(14)19)7-15-13(10)20-16-8;1-8-10-11(17-5-3-16(2)4-6-17)9(13(18)19)7-14-12(10)20-15-8;1-3-15-10(14)6-4-12-9-7(8(6)11)5(2)13-16-9;1-5-2-3-7(9)6(4-5)8(10,11)12;1-7-4-2-6-3-5-7;1-2-4-5-3-1;1-2-3;;;;1-3-5-4-2;;/h3-4,9-10H,5-8H2,1-2H3,(H2,27,28,32,33);9H,4-8H2,1-3H3;7H,3-6H2,1-2H3,(H2,14,19);7H,3-6H2,1-2H3,(H,18,19);4H,3H2,1-2H3;2-4H,1H3;6H,2-5H2,1H3;1-4H2;3H,2H2,1H3;3*1H4;(H3,1,2,5);;1H2/q;;;;;;;;;;;;;+1;/p-1. The molecule has 0 unspecified atom stereocenters. The van der Waals surface area contributed by atoms with Crippen molar-refractivity contribution in [1.82, 2.24) is 85.8 Å². The van der Waals surface area contributed by atoms with Gasteiger partial charge < -0.3 is 119 Å². The molecular formula is C94H130ClF8N28NaO17. The number of nitrogens with zero attached hydrogens (tertiary/aromatic N) is 22. The number of fused-ring (bicyclic) bond motifs is 5. The van der Waals surface area contributed by atoms with Gasteiger partial charge in [-0.05, 0) is 151 Å². The fourth-order valence-corrected chi connectivity index (χ4v) is 15.5. The first-order chi connectivity index (χ1) is 68.6. The molecule has 18 rings (SSSR count). The van der Waals surface area contributed by atoms with Gasteiger partial charge >= 0.3 is 65.8 Å². The van der Waals surface area contributed by atoms with Crippen molar-refractivity contribution in [2.75, 3.05) is 224 Å². The third-order valence-electron chi connectivity index (χ3n) is 22.7. The third kappa shape index (κ3) is 35.3. The minimum absolute atomic E-state index is 0. The number of carbonyl (C=O) groups is 6. The van der Waals surface area contributed by atoms with Crippen LogP contribution in [0.4, 0.5) is 68.4 Å². The monoisotopic (exact) mass is 2130 g/mol. The number of aromatic nitrogens is 10. The van der Waals surface area contributed by atoms with Crippen LogP contribution in [0.25, 0.3) is 55.5 Å². The van der Waals surface area contributed by atoms with E-state index >= 15 is 0 Å². The number of aryl methyl sites for hydroxylation is 6. The van der Waals surface area contributed by atoms with Crippen LogP contribution in [0.15, 0.2) is 106 Å². The molecule has 11 N–H and O–H groups in total. The number of aliphatic hydroxyl groups excluding tert-OH is 1. The van der Waals surface area contributed by atoms with Gasteiger partial charge in [0.15, 0.2) is 0 Å². The van der Waals surface area contributed by atoms with Gasteiger partial charge in [-0.3, -0.25) is 14.9 Å². The van der Waals surface area contributed by atoms with Gasteiger partial charge in [-0.2, -0.15) is 31.9 Å². The van der Waals surface area contributed by atoms with E-state index in [0.29, 0.717) is 116 Å². The zero-order valence-electron chi connectivity index (χ0n) is 83.4. The molecule has 0 bridgehead atoms. The number of aromatic carboxylic acids is 1. The van der Waals surface area contributed by atoms with Gasteiger partial charge in [-0.1, -0.05) is 76.5 Å². The first kappa shape index (κ1) is 128. The minimum Gasteiger partial charge on any atom is -0.870 e. The van der Waals surface area contributed by atoms with Crippen molar-refractivity contribution in [3.63, 3.8) is 0 Å². The molecule has 4 amide bonds. The maximum absolute atomic E-state index is 13.5. The number of benzene rings is 2. The zero-order chi connectivity index (χ0) is 105. The molecular weight excluding hydrogens is 2000 g/mol. The summed E-state index contributed by atoms with van der Waals surface area (Å²) in [6, 6.07) is 3.80. The number of rotatable bonds is 13. The number of carboxylic acids is 1. The molecule has 0 atom stereocenters. The molecule has 0 radical (unpaired) electrons. The molecule has 16 heterocycles. The van der Waals surface area contributed by atoms with Crippen LogP contribution in [0.3, 0.4) is 0 Å². The number of hydrogen-bond acceptors (Lipinski definition) is 38. The summed E-state index contributed by atoms with van der Waals surface area (Å²) in [5.74, 6) is -1.45. The van der Waals surface area contributed by atoms with E-state index in [1.54, 1.807) is 41.5 Å². The first-order valence-electron chi connectivity index (χ1n) is 45.5. The predicted octanol–water partition coefficient (Wildman–Crippen LogP) is 11.1. The summed E-state index contributed by atoms with van der Waals surface area (Å²) in [7, 11) is 10.4. The first-order valence-corrected chi connectivity index (χ1v) is 45.9. The Morgan fingerprint density at radius 3 is 1.13 bits per heavy atom. The fraction of sp³-hybridized carbons (Fsp3) is 0.489. The van der Waals surface area contributed by atoms with E-state index in [4.69, 9.17) is 64.8 Å². The second-order valence-electron chi connectivity index (χ2n) is 33.2. The molecule has 0 saturated carbocycles. The number of primary amides is 1. The maximum atomic E-state index is 13.5. The molecule has 6 fully saturated rings. The third-order valence-corrected chi connectivity index (χ3v) is 23.1. The Bertz CT molecular complexity index is 6230. The fourth-order valence-electron chi connectivity index (χ4n) is 15.1. The Labute approximate surface area is 881 Å². The SMILES string of the molecule is C.C.C.C1CCOC1.CCO.CCOC(=O)c1cnc2onc(C)c2c1Cl.CCOC(=O)c1cnc2onc(C)c2c1N1CCN(C)CC1.CN1CCNCC1.Cc1ccc(F)c(C(F)(F)F)c1.Cc1noc2ncc(C(=O)NC(=O)Nc3ccc(F)c(C(F)(F)F)c3)c(N3CCN(C)CC3)c12.Cc1noc2ncc(C(=O)O)c(N3CCN(C)CC3)c12.Cc1noc2ncc(C(N)=O)c(N3CCN(C)CC3)c12.N=N/N=N/N.[Na+].[OH-]. The Morgan fingerprint density at radius 1 is 0.490 bits per heavy atom. The van der Waals surface area contributed by atoms with Crippen LogP contribution < -0.4 is 76.7 Å². The van der Waals surface area contributed by atoms with E-state index < -0.39 is 64.9 Å². The minimum atomic E-state index is -4.94. The van der Waals surface area contributed by atoms with E-state index in [0.717, 1.165) is 170 Å². The summed E-state index contributed by atoms with van der Waals surface area (Å²) in [6.07, 6.45) is -0.0558. The molecule has 2 aromatic carbocycles. The Hall–Kier alpha value is -13.1. The molecule has 45 nitrogen and oxygen atoms in total. The van der Waals surface area contributed by atoms with Crippen molar-refractivity contribution in [2.45, 2.75) is 110 Å². The normalized spacial score (nSPS) is 14.8. The largest absolute Gasteiger partial charge is 1.00 e. The molecule has 0 spiro atoms. The summed E-state index contributed by atoms with van der Waals surface area (Å²) in [4.78, 5) is 112. The number of nitrogens with two attached hydrogens (primary N) is 2. The predicted molar refractivity (Wildman–Crippen MR) is 537 cm³/mol. The Balaban J connectivity index is 0.000000363. The van der Waals surface area contributed by atoms with Crippen molar-refractivity contribution in [1.29, 1.82) is 5.53 Å². The number of aliphatic hydroxyl groups is 1. The topological polar surface area (TPSA) is 573 Å². The van der Waals surface area contributed by atoms with Gasteiger partial charge in [0.1, 0.15) is 22.8 Å². The zero-order valence-corrected chi connectivity index (χ0v) is 86.2. The number of piperazine rings is 5. The molecule has 55 heteroatoms. The number of imide groups is 1. The van der Waals surface area contributed by atoms with Crippen molar-refractivity contribution >= 4 is 131 Å². The molecule has 6 aliphatic heterocycles. The summed E-state index contributed by atoms with van der Waals surface area (Å²) >= 11 is 6.08. The van der Waals surface area contributed by atoms with Crippen LogP contribution in [0.5, 0.6) is 0 Å². The van der Waals surface area contributed by atoms with E-state index in [1.807, 2.05) is 25.8 Å². The van der Waals surface area contributed by atoms with Gasteiger partial charge in [-0.25, -0.2) is 52.9 Å². The quantitative estimate of drug-likeness (QED) is 0.0133. The van der Waals surface area contributed by atoms with Crippen molar-refractivity contribution in [3.8, 4) is 0 Å². The number of carbonyl (C=O) groups excluding carboxylic acids is 5. The smallest absolute Gasteiger partial charge is 0.870 e. The number of nitrogens with one attached hydrogen (secondary N) is 4. The van der Waals surface area contributed by atoms with Gasteiger partial charge in [0.05, 0.1) is 124 Å². The number of anilines is 5. The number of halogens is 9. The van der Waals surface area contributed by atoms with Crippen molar-refractivity contribution in [2.24, 2.45) is 27.2 Å². The van der Waals surface area contributed by atoms with Crippen LogP contribution in [0.1, 0.15) is 153 Å². The summed E-state index contributed by atoms with van der Waals surface area (Å²) in [5.41, 5.74) is 18.0. The number of carboxylic acid groups (broad SMARTS) is 1. The molecule has 6 aliphatic rings. The number of alkyl halides is 6. The van der Waals surface area contributed by atoms with Crippen LogP contribution in [0.2, 0.25) is 5.02 Å². The summed E-state index contributed by atoms with van der Waals surface area (Å²) in [6.45, 7) is 36.4. The number of urea groups is 1. The molecule has 0 aliphatic carbocycles. The van der Waals surface area contributed by atoms with Crippen LogP contribution in [-0.2, 0) is 26.6 Å². The number of amides is 4. The van der Waals surface area contributed by atoms with Crippen LogP contribution in [0, 0.1) is 58.7 Å². The number of esters is 2. The van der Waals surface area contributed by atoms with E-state index in [-0.39, 0.29) is 110 Å². The van der Waals surface area contributed by atoms with E-state index in [9.17, 15) is 69.0 Å². The Morgan fingerprint density at radius 2 is 0.805 bits per heavy atom. The maximum Gasteiger partial charge on any atom is 1.00 e. The van der Waals surface area contributed by atoms with E-state index in [2.05, 4.69) is 156 Å². The number of pyridine rings is 5. The molecule has 10 aromatic heterocycles. The van der Waals surface area contributed by atoms with Gasteiger partial charge in [-0.15, -0.1) is 0 Å². The van der Waals surface area contributed by atoms with E-state index in [1.165, 1.54) is 69.9 Å². The van der Waals surface area contributed by atoms with Crippen molar-refractivity contribution < 1.29 is 146 Å². The molecule has 149 heavy (non-hydrogen) atoms. The van der Waals surface area contributed by atoms with Crippen molar-refractivity contribution in [3.05, 3.63) is 157 Å². The number of likely N-dealkylation sites (N-methyl/N-ethyl adjacent to an activating group) is 5. The second-order valence-corrected chi connectivity index (χ2v) is 33.5. The molecule has 12 aromatic rings. The van der Waals surface area contributed by atoms with Gasteiger partial charge in [0.2, 0.25) is 0 Å². The summed E-state index contributed by atoms with van der Waals surface area (Å²) < 4.78 is 141. The number of hydrogen-bond donors (Lipinski definition) is 8. The summed E-state index contributed by atoms with van der Waals surface area (Å²) in [5, 5.41) is 55.3. The van der Waals surface area contributed by atoms with Crippen LogP contribution in [-0.4, -0.2) is 326 Å². The van der Waals surface area contributed by atoms with Gasteiger partial charge in [0.25, 0.3) is 40.4 Å². The molecule has 812 valence electrons. The van der Waals surface area contributed by atoms with Crippen LogP contribution >= 0.6 is 11.6 Å². The molecule has 6 saturated heterocycles. The second kappa shape index (κ2) is 61.2. The number of ether oxygens (including phenoxy) is 3. The average Bonchev–Trinajstić information content (AvgIpc) is 1.66. The average molecular weight is 2130 g/mol. The Kier molecular flexibility index (Phi) is 52.6.